The molecule has 4 rings (SSSR count). The van der Waals surface area contributed by atoms with Gasteiger partial charge < -0.3 is 19.2 Å². The van der Waals surface area contributed by atoms with E-state index in [9.17, 15) is 4.79 Å². The minimum absolute atomic E-state index is 0.218. The smallest absolute Gasteiger partial charge is 0.252 e. The van der Waals surface area contributed by atoms with Gasteiger partial charge in [-0.15, -0.1) is 0 Å². The van der Waals surface area contributed by atoms with E-state index in [1.165, 1.54) is 0 Å². The third-order valence-corrected chi connectivity index (χ3v) is 4.66. The molecule has 156 valence electrons. The molecule has 1 N–H and O–H groups in total. The molecule has 1 heterocycles. The lowest BCUT2D eigenvalue weighted by Gasteiger charge is -2.10. The summed E-state index contributed by atoms with van der Waals surface area (Å²) in [6.07, 6.45) is 1.67. The summed E-state index contributed by atoms with van der Waals surface area (Å²) < 4.78 is 16.8. The zero-order valence-corrected chi connectivity index (χ0v) is 17.1. The van der Waals surface area contributed by atoms with Crippen LogP contribution in [0.3, 0.4) is 0 Å². The number of carbonyl (C=O) groups excluding carboxylic acids is 1. The summed E-state index contributed by atoms with van der Waals surface area (Å²) in [5, 5.41) is 2.88. The largest absolute Gasteiger partial charge is 0.497 e. The molecule has 4 aromatic rings. The summed E-state index contributed by atoms with van der Waals surface area (Å²) in [6.45, 7) is 0.684. The monoisotopic (exact) mass is 414 g/mol. The molecule has 0 aliphatic rings. The number of oxazole rings is 1. The Kier molecular flexibility index (Phi) is 6.28. The van der Waals surface area contributed by atoms with E-state index in [1.54, 1.807) is 25.4 Å². The van der Waals surface area contributed by atoms with Crippen molar-refractivity contribution in [3.05, 3.63) is 90.6 Å². The number of nitrogens with zero attached hydrogens (tertiary/aromatic N) is 1. The summed E-state index contributed by atoms with van der Waals surface area (Å²) >= 11 is 0. The van der Waals surface area contributed by atoms with Crippen molar-refractivity contribution in [2.45, 2.75) is 0 Å². The first-order chi connectivity index (χ1) is 15.2. The van der Waals surface area contributed by atoms with E-state index >= 15 is 0 Å². The number of methoxy groups -OCH3 is 1. The fraction of sp³-hybridized carbons (Fsp3) is 0.120. The fourth-order valence-electron chi connectivity index (χ4n) is 3.12. The SMILES string of the molecule is COc1cccc(OCCNC(=O)c2ccccc2-c2ncc(-c3ccccc3)o2)c1. The van der Waals surface area contributed by atoms with Gasteiger partial charge in [0, 0.05) is 17.2 Å². The van der Waals surface area contributed by atoms with Gasteiger partial charge in [0.15, 0.2) is 5.76 Å². The number of rotatable bonds is 8. The van der Waals surface area contributed by atoms with Gasteiger partial charge in [0.1, 0.15) is 18.1 Å². The molecule has 0 unspecified atom stereocenters. The predicted octanol–water partition coefficient (Wildman–Crippen LogP) is 4.83. The maximum atomic E-state index is 12.8. The van der Waals surface area contributed by atoms with Crippen LogP contribution in [0, 0.1) is 0 Å². The summed E-state index contributed by atoms with van der Waals surface area (Å²) in [6, 6.07) is 24.3. The maximum Gasteiger partial charge on any atom is 0.252 e. The standard InChI is InChI=1S/C25H22N2O4/c1-29-19-10-7-11-20(16-19)30-15-14-26-24(28)21-12-5-6-13-22(21)25-27-17-23(31-25)18-8-3-2-4-9-18/h2-13,16-17H,14-15H2,1H3,(H,26,28). The van der Waals surface area contributed by atoms with Crippen molar-refractivity contribution in [1.29, 1.82) is 0 Å². The molecule has 0 aliphatic heterocycles. The van der Waals surface area contributed by atoms with Crippen LogP contribution < -0.4 is 14.8 Å². The Hall–Kier alpha value is -4.06. The molecule has 0 saturated heterocycles. The first-order valence-electron chi connectivity index (χ1n) is 9.90. The molecule has 6 nitrogen and oxygen atoms in total. The second-order valence-corrected chi connectivity index (χ2v) is 6.72. The molecule has 0 bridgehead atoms. The van der Waals surface area contributed by atoms with Crippen LogP contribution in [0.2, 0.25) is 0 Å². The highest BCUT2D eigenvalue weighted by atomic mass is 16.5. The van der Waals surface area contributed by atoms with Gasteiger partial charge in [-0.05, 0) is 24.3 Å². The summed E-state index contributed by atoms with van der Waals surface area (Å²) in [5.41, 5.74) is 2.05. The number of carbonyl (C=O) groups is 1. The van der Waals surface area contributed by atoms with Crippen molar-refractivity contribution in [3.63, 3.8) is 0 Å². The molecule has 31 heavy (non-hydrogen) atoms. The summed E-state index contributed by atoms with van der Waals surface area (Å²) in [4.78, 5) is 17.1. The third-order valence-electron chi connectivity index (χ3n) is 4.66. The van der Waals surface area contributed by atoms with Crippen molar-refractivity contribution in [2.24, 2.45) is 0 Å². The number of benzene rings is 3. The van der Waals surface area contributed by atoms with Crippen LogP contribution in [-0.4, -0.2) is 31.2 Å². The Morgan fingerprint density at radius 2 is 1.74 bits per heavy atom. The number of aromatic nitrogens is 1. The number of ether oxygens (including phenoxy) is 2. The minimum Gasteiger partial charge on any atom is -0.497 e. The lowest BCUT2D eigenvalue weighted by Crippen LogP contribution is -2.28. The van der Waals surface area contributed by atoms with Crippen molar-refractivity contribution in [2.75, 3.05) is 20.3 Å². The van der Waals surface area contributed by atoms with Crippen LogP contribution in [0.15, 0.2) is 89.5 Å². The van der Waals surface area contributed by atoms with Gasteiger partial charge in [-0.3, -0.25) is 4.79 Å². The normalized spacial score (nSPS) is 10.5. The van der Waals surface area contributed by atoms with Crippen molar-refractivity contribution < 1.29 is 18.7 Å². The molecule has 0 radical (unpaired) electrons. The van der Waals surface area contributed by atoms with Crippen molar-refractivity contribution in [3.8, 4) is 34.3 Å². The minimum atomic E-state index is -0.218. The molecule has 0 aliphatic carbocycles. The quantitative estimate of drug-likeness (QED) is 0.418. The average Bonchev–Trinajstić information content (AvgIpc) is 3.33. The fourth-order valence-corrected chi connectivity index (χ4v) is 3.12. The van der Waals surface area contributed by atoms with Crippen LogP contribution in [0.4, 0.5) is 0 Å². The van der Waals surface area contributed by atoms with E-state index in [2.05, 4.69) is 10.3 Å². The molecule has 1 aromatic heterocycles. The Bertz CT molecular complexity index is 1150. The third kappa shape index (κ3) is 4.93. The van der Waals surface area contributed by atoms with Crippen LogP contribution >= 0.6 is 0 Å². The molecule has 0 spiro atoms. The van der Waals surface area contributed by atoms with Crippen molar-refractivity contribution >= 4 is 5.91 Å². The zero-order valence-electron chi connectivity index (χ0n) is 17.1. The Morgan fingerprint density at radius 1 is 0.968 bits per heavy atom. The van der Waals surface area contributed by atoms with E-state index < -0.39 is 0 Å². The topological polar surface area (TPSA) is 73.6 Å². The number of hydrogen-bond donors (Lipinski definition) is 1. The summed E-state index contributed by atoms with van der Waals surface area (Å²) in [7, 11) is 1.60. The highest BCUT2D eigenvalue weighted by Crippen LogP contribution is 2.28. The number of amides is 1. The van der Waals surface area contributed by atoms with E-state index in [4.69, 9.17) is 13.9 Å². The molecule has 0 atom stereocenters. The molecule has 0 saturated carbocycles. The number of hydrogen-bond acceptors (Lipinski definition) is 5. The average molecular weight is 414 g/mol. The van der Waals surface area contributed by atoms with Crippen molar-refractivity contribution in [1.82, 2.24) is 10.3 Å². The lowest BCUT2D eigenvalue weighted by atomic mass is 10.1. The van der Waals surface area contributed by atoms with E-state index in [0.717, 1.165) is 11.3 Å². The Morgan fingerprint density at radius 3 is 2.58 bits per heavy atom. The predicted molar refractivity (Wildman–Crippen MR) is 118 cm³/mol. The van der Waals surface area contributed by atoms with Gasteiger partial charge >= 0.3 is 0 Å². The van der Waals surface area contributed by atoms with Crippen LogP contribution in [0.5, 0.6) is 11.5 Å². The van der Waals surface area contributed by atoms with Gasteiger partial charge in [-0.25, -0.2) is 4.98 Å². The van der Waals surface area contributed by atoms with Crippen LogP contribution in [-0.2, 0) is 0 Å². The van der Waals surface area contributed by atoms with Crippen LogP contribution in [0.25, 0.3) is 22.8 Å². The number of nitrogens with one attached hydrogen (secondary N) is 1. The molecule has 3 aromatic carbocycles. The molecular formula is C25H22N2O4. The highest BCUT2D eigenvalue weighted by molar-refractivity contribution is 6.00. The Balaban J connectivity index is 1.41. The maximum absolute atomic E-state index is 12.8. The van der Waals surface area contributed by atoms with E-state index in [-0.39, 0.29) is 5.91 Å². The molecule has 6 heteroatoms. The van der Waals surface area contributed by atoms with Gasteiger partial charge in [0.25, 0.3) is 5.91 Å². The van der Waals surface area contributed by atoms with Gasteiger partial charge in [0.2, 0.25) is 5.89 Å². The summed E-state index contributed by atoms with van der Waals surface area (Å²) in [5.74, 6) is 2.23. The second kappa shape index (κ2) is 9.63. The van der Waals surface area contributed by atoms with Gasteiger partial charge in [-0.2, -0.15) is 0 Å². The van der Waals surface area contributed by atoms with Gasteiger partial charge in [0.05, 0.1) is 25.4 Å². The van der Waals surface area contributed by atoms with Gasteiger partial charge in [-0.1, -0.05) is 48.5 Å². The van der Waals surface area contributed by atoms with Crippen LogP contribution in [0.1, 0.15) is 10.4 Å². The first-order valence-corrected chi connectivity index (χ1v) is 9.90. The lowest BCUT2D eigenvalue weighted by molar-refractivity contribution is 0.0947. The van der Waals surface area contributed by atoms with E-state index in [0.29, 0.717) is 41.7 Å². The molecule has 1 amide bonds. The first kappa shape index (κ1) is 20.2. The molecular weight excluding hydrogens is 392 g/mol. The second-order valence-electron chi connectivity index (χ2n) is 6.72. The highest BCUT2D eigenvalue weighted by Gasteiger charge is 2.16. The molecule has 0 fully saturated rings. The Labute approximate surface area is 180 Å². The zero-order chi connectivity index (χ0) is 21.5. The van der Waals surface area contributed by atoms with E-state index in [1.807, 2.05) is 66.7 Å².